The molecule has 2 unspecified atom stereocenters. The molecule has 0 aromatic heterocycles. The van der Waals surface area contributed by atoms with E-state index in [0.29, 0.717) is 5.54 Å². The van der Waals surface area contributed by atoms with E-state index < -0.39 is 0 Å². The molecule has 1 saturated carbocycles. The van der Waals surface area contributed by atoms with Gasteiger partial charge in [0.1, 0.15) is 0 Å². The molecule has 1 aliphatic heterocycles. The lowest BCUT2D eigenvalue weighted by Crippen LogP contribution is -2.25. The predicted molar refractivity (Wildman–Crippen MR) is 38.0 cm³/mol. The average molecular weight is 124 g/mol. The summed E-state index contributed by atoms with van der Waals surface area (Å²) in [6.45, 7) is 3.43. The van der Waals surface area contributed by atoms with Crippen molar-refractivity contribution >= 4 is 0 Å². The molecule has 0 aromatic rings. The van der Waals surface area contributed by atoms with Crippen LogP contribution >= 0.6 is 0 Å². The molecule has 1 spiro atoms. The van der Waals surface area contributed by atoms with Gasteiger partial charge < -0.3 is 5.32 Å². The summed E-state index contributed by atoms with van der Waals surface area (Å²) in [5.41, 5.74) is 0.606. The van der Waals surface area contributed by atoms with Crippen LogP contribution in [0.25, 0.3) is 0 Å². The molecule has 0 bridgehead atoms. The van der Waals surface area contributed by atoms with E-state index in [9.17, 15) is 0 Å². The Labute approximate surface area is 56.8 Å². The Morgan fingerprint density at radius 3 is 3.00 bits per heavy atom. The Bertz CT molecular complexity index is 114. The number of hydrogen-bond acceptors (Lipinski definition) is 1. The van der Waals surface area contributed by atoms with Crippen molar-refractivity contribution in [2.45, 2.75) is 31.7 Å². The fourth-order valence-electron chi connectivity index (χ4n) is 2.09. The van der Waals surface area contributed by atoms with Gasteiger partial charge >= 0.3 is 0 Å². The zero-order chi connectivity index (χ0) is 6.32. The Morgan fingerprint density at radius 2 is 2.56 bits per heavy atom. The highest BCUT2D eigenvalue weighted by Gasteiger charge is 2.53. The lowest BCUT2D eigenvalue weighted by atomic mass is 10.1. The van der Waals surface area contributed by atoms with Crippen LogP contribution in [0.15, 0.2) is 0 Å². The fraction of sp³-hybridized carbons (Fsp3) is 0.875. The van der Waals surface area contributed by atoms with Crippen LogP contribution in [0.2, 0.25) is 0 Å². The topological polar surface area (TPSA) is 12.0 Å². The van der Waals surface area contributed by atoms with Crippen molar-refractivity contribution < 1.29 is 0 Å². The highest BCUT2D eigenvalue weighted by Crippen LogP contribution is 2.50. The minimum Gasteiger partial charge on any atom is -0.311 e. The lowest BCUT2D eigenvalue weighted by molar-refractivity contribution is 0.560. The molecule has 9 heavy (non-hydrogen) atoms. The van der Waals surface area contributed by atoms with Gasteiger partial charge in [-0.15, -0.1) is 0 Å². The van der Waals surface area contributed by atoms with Gasteiger partial charge in [-0.2, -0.15) is 0 Å². The predicted octanol–water partition coefficient (Wildman–Crippen LogP) is 1.35. The van der Waals surface area contributed by atoms with E-state index in [1.165, 1.54) is 25.8 Å². The molecule has 2 rings (SSSR count). The van der Waals surface area contributed by atoms with Crippen LogP contribution in [0.1, 0.15) is 26.2 Å². The van der Waals surface area contributed by atoms with Crippen molar-refractivity contribution in [1.82, 2.24) is 5.32 Å². The molecule has 1 radical (unpaired) electrons. The molecule has 1 saturated heterocycles. The fourth-order valence-corrected chi connectivity index (χ4v) is 2.09. The summed E-state index contributed by atoms with van der Waals surface area (Å²) in [7, 11) is 0. The molecule has 2 fully saturated rings. The molecular formula is C8H14N. The van der Waals surface area contributed by atoms with E-state index in [0.717, 1.165) is 5.92 Å². The van der Waals surface area contributed by atoms with E-state index in [4.69, 9.17) is 0 Å². The third-order valence-corrected chi connectivity index (χ3v) is 2.81. The summed E-state index contributed by atoms with van der Waals surface area (Å²) in [4.78, 5) is 0. The van der Waals surface area contributed by atoms with Crippen LogP contribution in [-0.2, 0) is 0 Å². The van der Waals surface area contributed by atoms with Gasteiger partial charge in [-0.3, -0.25) is 0 Å². The average Bonchev–Trinajstić information content (AvgIpc) is 2.30. The van der Waals surface area contributed by atoms with E-state index in [1.54, 1.807) is 0 Å². The number of hydrogen-bond donors (Lipinski definition) is 1. The first-order valence-corrected chi connectivity index (χ1v) is 3.92. The van der Waals surface area contributed by atoms with Crippen LogP contribution in [0.4, 0.5) is 0 Å². The van der Waals surface area contributed by atoms with Crippen molar-refractivity contribution in [2.24, 2.45) is 5.92 Å². The van der Waals surface area contributed by atoms with Crippen LogP contribution in [-0.4, -0.2) is 12.1 Å². The van der Waals surface area contributed by atoms with Crippen LogP contribution in [0.3, 0.4) is 0 Å². The zero-order valence-electron chi connectivity index (χ0n) is 5.98. The highest BCUT2D eigenvalue weighted by atomic mass is 15.1. The Balaban J connectivity index is 1.97. The molecule has 1 nitrogen and oxygen atoms in total. The molecule has 0 amide bonds. The molecule has 2 atom stereocenters. The van der Waals surface area contributed by atoms with Crippen molar-refractivity contribution in [2.75, 3.05) is 6.54 Å². The molecule has 1 heteroatoms. The summed E-state index contributed by atoms with van der Waals surface area (Å²) >= 11 is 0. The SMILES string of the molecule is C[CH]C1CC12CCCN2. The summed E-state index contributed by atoms with van der Waals surface area (Å²) in [5.74, 6) is 0.903. The molecule has 2 aliphatic rings. The second-order valence-electron chi connectivity index (χ2n) is 3.33. The van der Waals surface area contributed by atoms with Crippen LogP contribution in [0, 0.1) is 12.3 Å². The first-order chi connectivity index (χ1) is 4.37. The maximum Gasteiger partial charge on any atom is 0.0216 e. The van der Waals surface area contributed by atoms with Crippen molar-refractivity contribution in [3.63, 3.8) is 0 Å². The van der Waals surface area contributed by atoms with Gasteiger partial charge in [-0.05, 0) is 38.1 Å². The van der Waals surface area contributed by atoms with Gasteiger partial charge in [0.2, 0.25) is 0 Å². The zero-order valence-corrected chi connectivity index (χ0v) is 5.98. The van der Waals surface area contributed by atoms with E-state index in [2.05, 4.69) is 18.7 Å². The smallest absolute Gasteiger partial charge is 0.0216 e. The summed E-state index contributed by atoms with van der Waals surface area (Å²) in [6.07, 6.45) is 6.56. The Kier molecular flexibility index (Phi) is 1.10. The third kappa shape index (κ3) is 0.710. The van der Waals surface area contributed by atoms with Crippen LogP contribution < -0.4 is 5.32 Å². The van der Waals surface area contributed by atoms with Gasteiger partial charge in [-0.1, -0.05) is 6.92 Å². The molecular weight excluding hydrogens is 110 g/mol. The molecule has 1 aliphatic carbocycles. The second-order valence-corrected chi connectivity index (χ2v) is 3.33. The van der Waals surface area contributed by atoms with Gasteiger partial charge in [0.05, 0.1) is 0 Å². The van der Waals surface area contributed by atoms with E-state index in [1.807, 2.05) is 0 Å². The summed E-state index contributed by atoms with van der Waals surface area (Å²) < 4.78 is 0. The maximum absolute atomic E-state index is 3.58. The quantitative estimate of drug-likeness (QED) is 0.556. The maximum atomic E-state index is 3.58. The number of nitrogens with one attached hydrogen (secondary N) is 1. The minimum absolute atomic E-state index is 0.606. The third-order valence-electron chi connectivity index (χ3n) is 2.81. The molecule has 0 aromatic carbocycles. The first kappa shape index (κ1) is 5.72. The van der Waals surface area contributed by atoms with Gasteiger partial charge in [0, 0.05) is 5.54 Å². The monoisotopic (exact) mass is 124 g/mol. The van der Waals surface area contributed by atoms with Gasteiger partial charge in [0.25, 0.3) is 0 Å². The molecule has 1 heterocycles. The van der Waals surface area contributed by atoms with E-state index >= 15 is 0 Å². The van der Waals surface area contributed by atoms with Crippen LogP contribution in [0.5, 0.6) is 0 Å². The standard InChI is InChI=1S/C8H14N/c1-2-7-6-8(7)4-3-5-9-8/h2,7,9H,3-6H2,1H3. The second kappa shape index (κ2) is 1.72. The normalized spacial score (nSPS) is 48.3. The highest BCUT2D eigenvalue weighted by molar-refractivity contribution is 5.16. The Morgan fingerprint density at radius 1 is 1.67 bits per heavy atom. The largest absolute Gasteiger partial charge is 0.311 e. The van der Waals surface area contributed by atoms with Gasteiger partial charge in [0.15, 0.2) is 0 Å². The lowest BCUT2D eigenvalue weighted by Gasteiger charge is -2.06. The summed E-state index contributed by atoms with van der Waals surface area (Å²) in [5, 5.41) is 3.58. The van der Waals surface area contributed by atoms with Crippen molar-refractivity contribution in [1.29, 1.82) is 0 Å². The minimum atomic E-state index is 0.606. The molecule has 51 valence electrons. The number of rotatable bonds is 1. The molecule has 1 N–H and O–H groups in total. The Hall–Kier alpha value is -0.0400. The van der Waals surface area contributed by atoms with Crippen molar-refractivity contribution in [3.05, 3.63) is 6.42 Å². The van der Waals surface area contributed by atoms with Gasteiger partial charge in [-0.25, -0.2) is 0 Å². The first-order valence-electron chi connectivity index (χ1n) is 3.92. The summed E-state index contributed by atoms with van der Waals surface area (Å²) in [6, 6.07) is 0. The van der Waals surface area contributed by atoms with E-state index in [-0.39, 0.29) is 0 Å². The van der Waals surface area contributed by atoms with Crippen molar-refractivity contribution in [3.8, 4) is 0 Å².